The summed E-state index contributed by atoms with van der Waals surface area (Å²) in [5.74, 6) is 1.75. The molecule has 1 heterocycles. The second kappa shape index (κ2) is 7.94. The first-order chi connectivity index (χ1) is 10.0. The third kappa shape index (κ3) is 4.43. The van der Waals surface area contributed by atoms with Crippen molar-refractivity contribution >= 4 is 0 Å². The van der Waals surface area contributed by atoms with Crippen LogP contribution in [0.5, 0.6) is 0 Å². The molecule has 1 N–H and O–H groups in total. The topological polar surface area (TPSA) is 18.5 Å². The highest BCUT2D eigenvalue weighted by Gasteiger charge is 2.38. The summed E-state index contributed by atoms with van der Waals surface area (Å²) in [6, 6.07) is 2.16. The Morgan fingerprint density at radius 1 is 1.19 bits per heavy atom. The van der Waals surface area contributed by atoms with Crippen molar-refractivity contribution in [3.8, 4) is 0 Å². The zero-order chi connectivity index (χ0) is 15.4. The third-order valence-electron chi connectivity index (χ3n) is 5.76. The van der Waals surface area contributed by atoms with Crippen LogP contribution in [-0.2, 0) is 0 Å². The van der Waals surface area contributed by atoms with E-state index in [0.717, 1.165) is 17.9 Å². The van der Waals surface area contributed by atoms with Gasteiger partial charge in [0.25, 0.3) is 0 Å². The summed E-state index contributed by atoms with van der Waals surface area (Å²) in [4.78, 5) is 5.31. The van der Waals surface area contributed by atoms with E-state index in [-0.39, 0.29) is 0 Å². The van der Waals surface area contributed by atoms with E-state index < -0.39 is 0 Å². The van der Waals surface area contributed by atoms with Gasteiger partial charge in [0.05, 0.1) is 0 Å². The van der Waals surface area contributed by atoms with Gasteiger partial charge in [0.1, 0.15) is 0 Å². The molecule has 4 atom stereocenters. The maximum Gasteiger partial charge on any atom is 0.0255 e. The molecule has 2 rings (SSSR count). The van der Waals surface area contributed by atoms with Gasteiger partial charge >= 0.3 is 0 Å². The van der Waals surface area contributed by atoms with Crippen molar-refractivity contribution < 1.29 is 0 Å². The Bertz CT molecular complexity index is 305. The van der Waals surface area contributed by atoms with Gasteiger partial charge in [-0.2, -0.15) is 0 Å². The second-order valence-corrected chi connectivity index (χ2v) is 7.79. The Balaban J connectivity index is 2.04. The number of hydrogen-bond acceptors (Lipinski definition) is 3. The summed E-state index contributed by atoms with van der Waals surface area (Å²) < 4.78 is 0. The Kier molecular flexibility index (Phi) is 6.51. The lowest BCUT2D eigenvalue weighted by Gasteiger charge is -2.49. The predicted octanol–water partition coefficient (Wildman–Crippen LogP) is 2.82. The van der Waals surface area contributed by atoms with Crippen LogP contribution >= 0.6 is 0 Å². The van der Waals surface area contributed by atoms with Crippen LogP contribution in [0.25, 0.3) is 0 Å². The molecule has 3 nitrogen and oxygen atoms in total. The molecule has 1 aliphatic heterocycles. The van der Waals surface area contributed by atoms with Gasteiger partial charge < -0.3 is 10.2 Å². The van der Waals surface area contributed by atoms with Gasteiger partial charge in [0, 0.05) is 37.8 Å². The number of nitrogens with zero attached hydrogens (tertiary/aromatic N) is 2. The fraction of sp³-hybridized carbons (Fsp3) is 1.00. The lowest BCUT2D eigenvalue weighted by atomic mass is 9.76. The number of likely N-dealkylation sites (N-methyl/N-ethyl adjacent to an activating group) is 1. The van der Waals surface area contributed by atoms with Crippen molar-refractivity contribution in [2.24, 2.45) is 11.8 Å². The first-order valence-corrected chi connectivity index (χ1v) is 9.20. The maximum absolute atomic E-state index is 3.85. The van der Waals surface area contributed by atoms with Gasteiger partial charge in [-0.15, -0.1) is 0 Å². The standard InChI is InChI=1S/C18H37N3/c1-6-9-19-17-8-7-16(14(2)3)12-18(17)21-11-10-20(5)13-15(21)4/h14-19H,6-13H2,1-5H3. The molecular formula is C18H37N3. The van der Waals surface area contributed by atoms with E-state index in [0.29, 0.717) is 12.1 Å². The highest BCUT2D eigenvalue weighted by Crippen LogP contribution is 2.34. The molecule has 0 amide bonds. The molecule has 124 valence electrons. The molecule has 0 spiro atoms. The normalized spacial score (nSPS) is 36.3. The molecule has 3 heteroatoms. The summed E-state index contributed by atoms with van der Waals surface area (Å²) in [5.41, 5.74) is 0. The van der Waals surface area contributed by atoms with Crippen LogP contribution in [-0.4, -0.2) is 61.2 Å². The van der Waals surface area contributed by atoms with Crippen molar-refractivity contribution in [3.05, 3.63) is 0 Å². The lowest BCUT2D eigenvalue weighted by Crippen LogP contribution is -2.61. The van der Waals surface area contributed by atoms with Crippen LogP contribution in [0.2, 0.25) is 0 Å². The number of nitrogens with one attached hydrogen (secondary N) is 1. The number of rotatable bonds is 5. The molecule has 1 saturated heterocycles. The molecule has 4 unspecified atom stereocenters. The average Bonchev–Trinajstić information content (AvgIpc) is 2.45. The number of hydrogen-bond donors (Lipinski definition) is 1. The molecule has 0 aromatic rings. The van der Waals surface area contributed by atoms with E-state index in [2.05, 4.69) is 49.9 Å². The summed E-state index contributed by atoms with van der Waals surface area (Å²) >= 11 is 0. The molecule has 0 aromatic carbocycles. The first kappa shape index (κ1) is 17.2. The van der Waals surface area contributed by atoms with Gasteiger partial charge in [-0.1, -0.05) is 20.8 Å². The Morgan fingerprint density at radius 2 is 1.95 bits per heavy atom. The largest absolute Gasteiger partial charge is 0.312 e. The molecule has 21 heavy (non-hydrogen) atoms. The van der Waals surface area contributed by atoms with E-state index in [1.807, 2.05) is 0 Å². The molecule has 0 aromatic heterocycles. The fourth-order valence-electron chi connectivity index (χ4n) is 4.36. The molecule has 1 aliphatic carbocycles. The quantitative estimate of drug-likeness (QED) is 0.841. The lowest BCUT2D eigenvalue weighted by molar-refractivity contribution is 0.0129. The van der Waals surface area contributed by atoms with Crippen LogP contribution < -0.4 is 5.32 Å². The monoisotopic (exact) mass is 295 g/mol. The van der Waals surface area contributed by atoms with Crippen LogP contribution in [0.15, 0.2) is 0 Å². The maximum atomic E-state index is 3.85. The van der Waals surface area contributed by atoms with Crippen LogP contribution in [0.3, 0.4) is 0 Å². The second-order valence-electron chi connectivity index (χ2n) is 7.79. The summed E-state index contributed by atoms with van der Waals surface area (Å²) in [5, 5.41) is 3.85. The van der Waals surface area contributed by atoms with E-state index in [1.54, 1.807) is 0 Å². The van der Waals surface area contributed by atoms with Crippen molar-refractivity contribution in [1.82, 2.24) is 15.1 Å². The molecule has 0 bridgehead atoms. The number of piperazine rings is 1. The Morgan fingerprint density at radius 3 is 2.57 bits per heavy atom. The molecule has 2 fully saturated rings. The minimum absolute atomic E-state index is 0.700. The average molecular weight is 296 g/mol. The SMILES string of the molecule is CCCNC1CCC(C(C)C)CC1N1CCN(C)CC1C. The van der Waals surface area contributed by atoms with Crippen LogP contribution in [0.1, 0.15) is 53.4 Å². The minimum atomic E-state index is 0.700. The first-order valence-electron chi connectivity index (χ1n) is 9.20. The zero-order valence-corrected chi connectivity index (χ0v) is 14.9. The fourth-order valence-corrected chi connectivity index (χ4v) is 4.36. The van der Waals surface area contributed by atoms with Gasteiger partial charge in [0.15, 0.2) is 0 Å². The Labute approximate surface area is 132 Å². The van der Waals surface area contributed by atoms with E-state index in [4.69, 9.17) is 0 Å². The predicted molar refractivity (Wildman–Crippen MR) is 91.7 cm³/mol. The zero-order valence-electron chi connectivity index (χ0n) is 14.9. The van der Waals surface area contributed by atoms with E-state index in [9.17, 15) is 0 Å². The van der Waals surface area contributed by atoms with Crippen molar-refractivity contribution in [2.75, 3.05) is 33.2 Å². The van der Waals surface area contributed by atoms with Crippen LogP contribution in [0.4, 0.5) is 0 Å². The molecule has 1 saturated carbocycles. The van der Waals surface area contributed by atoms with E-state index >= 15 is 0 Å². The smallest absolute Gasteiger partial charge is 0.0255 e. The van der Waals surface area contributed by atoms with E-state index in [1.165, 1.54) is 51.9 Å². The Hall–Kier alpha value is -0.120. The van der Waals surface area contributed by atoms with Crippen molar-refractivity contribution in [2.45, 2.75) is 71.5 Å². The van der Waals surface area contributed by atoms with Crippen molar-refractivity contribution in [1.29, 1.82) is 0 Å². The summed E-state index contributed by atoms with van der Waals surface area (Å²) in [6.07, 6.45) is 5.42. The molecule has 2 aliphatic rings. The third-order valence-corrected chi connectivity index (χ3v) is 5.76. The molecular weight excluding hydrogens is 258 g/mol. The summed E-state index contributed by atoms with van der Waals surface area (Å²) in [6.45, 7) is 14.4. The van der Waals surface area contributed by atoms with Gasteiger partial charge in [-0.3, -0.25) is 4.90 Å². The van der Waals surface area contributed by atoms with Gasteiger partial charge in [0.2, 0.25) is 0 Å². The molecule has 0 radical (unpaired) electrons. The minimum Gasteiger partial charge on any atom is -0.312 e. The van der Waals surface area contributed by atoms with Gasteiger partial charge in [-0.25, -0.2) is 0 Å². The summed E-state index contributed by atoms with van der Waals surface area (Å²) in [7, 11) is 2.26. The van der Waals surface area contributed by atoms with Crippen molar-refractivity contribution in [3.63, 3.8) is 0 Å². The van der Waals surface area contributed by atoms with Gasteiger partial charge in [-0.05, 0) is 58.0 Å². The highest BCUT2D eigenvalue weighted by atomic mass is 15.3. The highest BCUT2D eigenvalue weighted by molar-refractivity contribution is 4.95. The van der Waals surface area contributed by atoms with Crippen LogP contribution in [0, 0.1) is 11.8 Å².